The van der Waals surface area contributed by atoms with Gasteiger partial charge in [0.2, 0.25) is 0 Å². The molecule has 0 aliphatic heterocycles. The molecule has 1 aromatic heterocycles. The van der Waals surface area contributed by atoms with E-state index in [4.69, 9.17) is 0 Å². The van der Waals surface area contributed by atoms with Crippen LogP contribution in [0.2, 0.25) is 0 Å². The number of nitrogens with zero attached hydrogens (tertiary/aromatic N) is 4. The van der Waals surface area contributed by atoms with Crippen molar-refractivity contribution in [1.29, 1.82) is 0 Å². The average Bonchev–Trinajstić information content (AvgIpc) is 3.02. The fourth-order valence-electron chi connectivity index (χ4n) is 3.76. The summed E-state index contributed by atoms with van der Waals surface area (Å²) in [5.41, 5.74) is 5.09. The number of fused-ring (bicyclic) bond motifs is 1. The Hall–Kier alpha value is -3.41. The number of halogens is 2. The van der Waals surface area contributed by atoms with Gasteiger partial charge in [0, 0.05) is 4.80 Å². The second kappa shape index (κ2) is 6.04. The molecule has 0 saturated heterocycles. The fraction of sp³-hybridized carbons (Fsp3) is 0.174. The van der Waals surface area contributed by atoms with Crippen molar-refractivity contribution in [3.05, 3.63) is 77.9 Å². The fourth-order valence-corrected chi connectivity index (χ4v) is 3.76. The van der Waals surface area contributed by atoms with Crippen molar-refractivity contribution in [2.75, 3.05) is 0 Å². The van der Waals surface area contributed by atoms with E-state index >= 15 is 0 Å². The van der Waals surface area contributed by atoms with Gasteiger partial charge in [-0.1, -0.05) is 45.0 Å². The lowest BCUT2D eigenvalue weighted by Gasteiger charge is -2.11. The predicted octanol–water partition coefficient (Wildman–Crippen LogP) is 4.77. The molecule has 0 saturated carbocycles. The van der Waals surface area contributed by atoms with Gasteiger partial charge >= 0.3 is 5.82 Å². The summed E-state index contributed by atoms with van der Waals surface area (Å²) in [5, 5.41) is 9.02. The molecule has 0 fully saturated rings. The zero-order chi connectivity index (χ0) is 20.3. The number of benzene rings is 3. The van der Waals surface area contributed by atoms with Crippen LogP contribution in [0.25, 0.3) is 33.9 Å². The van der Waals surface area contributed by atoms with Gasteiger partial charge < -0.3 is 0 Å². The molecule has 1 heterocycles. The van der Waals surface area contributed by atoms with Gasteiger partial charge in [-0.25, -0.2) is 8.78 Å². The van der Waals surface area contributed by atoms with Crippen LogP contribution in [-0.4, -0.2) is 15.0 Å². The quantitative estimate of drug-likeness (QED) is 0.417. The molecule has 29 heavy (non-hydrogen) atoms. The first-order valence-electron chi connectivity index (χ1n) is 9.43. The Morgan fingerprint density at radius 2 is 1.48 bits per heavy atom. The van der Waals surface area contributed by atoms with Gasteiger partial charge in [-0.15, -0.1) is 0 Å². The second-order valence-electron chi connectivity index (χ2n) is 8.20. The minimum Gasteiger partial charge on any atom is -0.202 e. The Balaban J connectivity index is 1.67. The van der Waals surface area contributed by atoms with Gasteiger partial charge in [-0.3, -0.25) is 0 Å². The lowest BCUT2D eigenvalue weighted by molar-refractivity contribution is -0.737. The SMILES string of the molecule is CC(C)(C)c1c2cc(-c3nn(-c4ccccc4)[n+](-c4c(F)cccc4F)n3)cc1-2. The van der Waals surface area contributed by atoms with Crippen LogP contribution in [-0.2, 0) is 5.41 Å². The molecule has 0 unspecified atom stereocenters. The van der Waals surface area contributed by atoms with Gasteiger partial charge in [0.25, 0.3) is 5.69 Å². The molecule has 2 aliphatic carbocycles. The van der Waals surface area contributed by atoms with E-state index in [9.17, 15) is 8.78 Å². The molecule has 144 valence electrons. The summed E-state index contributed by atoms with van der Waals surface area (Å²) in [6.45, 7) is 6.54. The highest BCUT2D eigenvalue weighted by molar-refractivity contribution is 5.96. The van der Waals surface area contributed by atoms with Crippen LogP contribution < -0.4 is 4.80 Å². The van der Waals surface area contributed by atoms with Gasteiger partial charge in [-0.2, -0.15) is 0 Å². The monoisotopic (exact) mass is 389 g/mol. The van der Waals surface area contributed by atoms with Crippen LogP contribution in [0.4, 0.5) is 8.78 Å². The lowest BCUT2D eigenvalue weighted by atomic mass is 9.93. The van der Waals surface area contributed by atoms with Crippen LogP contribution >= 0.6 is 0 Å². The van der Waals surface area contributed by atoms with E-state index in [0.29, 0.717) is 11.5 Å². The van der Waals surface area contributed by atoms with Crippen LogP contribution in [0.3, 0.4) is 0 Å². The van der Waals surface area contributed by atoms with E-state index in [1.807, 2.05) is 42.5 Å². The Labute approximate surface area is 167 Å². The molecule has 3 aromatic rings. The largest absolute Gasteiger partial charge is 0.340 e. The van der Waals surface area contributed by atoms with E-state index in [-0.39, 0.29) is 11.1 Å². The smallest absolute Gasteiger partial charge is 0.202 e. The topological polar surface area (TPSA) is 34.6 Å². The molecule has 2 aliphatic rings. The summed E-state index contributed by atoms with van der Waals surface area (Å²) >= 11 is 0. The van der Waals surface area contributed by atoms with E-state index in [1.165, 1.54) is 44.5 Å². The maximum atomic E-state index is 14.5. The predicted molar refractivity (Wildman–Crippen MR) is 106 cm³/mol. The summed E-state index contributed by atoms with van der Waals surface area (Å²) in [5.74, 6) is -0.993. The third-order valence-corrected chi connectivity index (χ3v) is 5.06. The maximum Gasteiger partial charge on any atom is 0.340 e. The van der Waals surface area contributed by atoms with Crippen molar-refractivity contribution in [1.82, 2.24) is 15.0 Å². The third-order valence-electron chi connectivity index (χ3n) is 5.06. The highest BCUT2D eigenvalue weighted by Crippen LogP contribution is 2.52. The number of hydrogen-bond donors (Lipinski definition) is 0. The highest BCUT2D eigenvalue weighted by Gasteiger charge is 2.37. The van der Waals surface area contributed by atoms with Gasteiger partial charge in [0.1, 0.15) is 5.69 Å². The van der Waals surface area contributed by atoms with Crippen molar-refractivity contribution in [2.24, 2.45) is 0 Å². The van der Waals surface area contributed by atoms with E-state index < -0.39 is 11.6 Å². The minimum absolute atomic E-state index is 0.0935. The molecule has 4 nitrogen and oxygen atoms in total. The molecular weight excluding hydrogens is 370 g/mol. The van der Waals surface area contributed by atoms with Crippen LogP contribution in [0.5, 0.6) is 0 Å². The zero-order valence-electron chi connectivity index (χ0n) is 16.3. The summed E-state index contributed by atoms with van der Waals surface area (Å²) in [6.07, 6.45) is 0. The van der Waals surface area contributed by atoms with Crippen molar-refractivity contribution < 1.29 is 13.6 Å². The van der Waals surface area contributed by atoms with Crippen LogP contribution in [0, 0.1) is 11.6 Å². The molecular formula is C23H19F2N4+. The van der Waals surface area contributed by atoms with Gasteiger partial charge in [-0.05, 0) is 68.4 Å². The summed E-state index contributed by atoms with van der Waals surface area (Å²) < 4.78 is 29.0. The maximum absolute atomic E-state index is 14.5. The van der Waals surface area contributed by atoms with Crippen molar-refractivity contribution >= 4 is 0 Å². The van der Waals surface area contributed by atoms with E-state index in [0.717, 1.165) is 5.56 Å². The molecule has 0 bridgehead atoms. The standard InChI is InChI=1S/C23H19F2N4/c1-23(2,3)20-16-12-14(13-17(16)20)22-26-28(15-8-5-4-6-9-15)29(27-22)21-18(24)10-7-11-19(21)25/h4-13H,1-3H3/q+1. The molecule has 2 aromatic carbocycles. The molecule has 0 amide bonds. The summed E-state index contributed by atoms with van der Waals surface area (Å²) in [6, 6.07) is 17.0. The normalized spacial score (nSPS) is 12.3. The molecule has 6 heteroatoms. The first kappa shape index (κ1) is 17.7. The number of para-hydroxylation sites is 2. The number of tetrazole rings is 1. The summed E-state index contributed by atoms with van der Waals surface area (Å²) in [4.78, 5) is 2.59. The van der Waals surface area contributed by atoms with Crippen LogP contribution in [0.15, 0.2) is 60.7 Å². The number of aromatic nitrogens is 4. The summed E-state index contributed by atoms with van der Waals surface area (Å²) in [7, 11) is 0. The Morgan fingerprint density at radius 1 is 0.862 bits per heavy atom. The third kappa shape index (κ3) is 2.83. The minimum atomic E-state index is -0.703. The average molecular weight is 389 g/mol. The second-order valence-corrected chi connectivity index (χ2v) is 8.20. The Morgan fingerprint density at radius 3 is 2.07 bits per heavy atom. The molecule has 5 rings (SSSR count). The van der Waals surface area contributed by atoms with Crippen molar-refractivity contribution in [3.8, 4) is 33.9 Å². The zero-order valence-corrected chi connectivity index (χ0v) is 16.3. The van der Waals surface area contributed by atoms with E-state index in [1.54, 1.807) is 0 Å². The molecule has 0 spiro atoms. The number of hydrogen-bond acceptors (Lipinski definition) is 2. The van der Waals surface area contributed by atoms with Crippen molar-refractivity contribution in [3.63, 3.8) is 0 Å². The van der Waals surface area contributed by atoms with Gasteiger partial charge in [0.15, 0.2) is 11.6 Å². The lowest BCUT2D eigenvalue weighted by Crippen LogP contribution is -2.45. The van der Waals surface area contributed by atoms with Crippen molar-refractivity contribution in [2.45, 2.75) is 26.2 Å². The molecule has 0 radical (unpaired) electrons. The molecule has 0 atom stereocenters. The first-order chi connectivity index (χ1) is 13.8. The number of rotatable bonds is 3. The first-order valence-corrected chi connectivity index (χ1v) is 9.43. The van der Waals surface area contributed by atoms with E-state index in [2.05, 4.69) is 31.0 Å². The highest BCUT2D eigenvalue weighted by atomic mass is 19.1. The van der Waals surface area contributed by atoms with Gasteiger partial charge in [0.05, 0.1) is 10.7 Å². The Bertz CT molecular complexity index is 1210. The molecule has 0 N–H and O–H groups in total. The Kier molecular flexibility index (Phi) is 3.68. The van der Waals surface area contributed by atoms with Crippen LogP contribution in [0.1, 0.15) is 26.3 Å².